The Bertz CT molecular complexity index is 864. The van der Waals surface area contributed by atoms with Crippen LogP contribution in [0.5, 0.6) is 0 Å². The number of carbonyl (C=O) groups excluding carboxylic acids is 2. The first-order chi connectivity index (χ1) is 13.8. The first-order valence-corrected chi connectivity index (χ1v) is 10.5. The van der Waals surface area contributed by atoms with Crippen molar-refractivity contribution in [3.05, 3.63) is 71.3 Å². The summed E-state index contributed by atoms with van der Waals surface area (Å²) in [6.45, 7) is 8.94. The van der Waals surface area contributed by atoms with E-state index >= 15 is 0 Å². The van der Waals surface area contributed by atoms with Gasteiger partial charge < -0.3 is 10.6 Å². The molecule has 0 bridgehead atoms. The molecule has 0 saturated carbocycles. The first-order valence-electron chi connectivity index (χ1n) is 10.5. The highest BCUT2D eigenvalue weighted by Gasteiger charge is 2.38. The second kappa shape index (κ2) is 8.91. The fourth-order valence-electron chi connectivity index (χ4n) is 4.49. The van der Waals surface area contributed by atoms with E-state index in [1.165, 1.54) is 11.1 Å². The number of likely N-dealkylation sites (tertiary alicyclic amines) is 1. The molecular weight excluding hydrogens is 360 g/mol. The van der Waals surface area contributed by atoms with Gasteiger partial charge in [0, 0.05) is 24.6 Å². The van der Waals surface area contributed by atoms with Gasteiger partial charge in [-0.2, -0.15) is 0 Å². The molecule has 1 heterocycles. The minimum Gasteiger partial charge on any atom is -0.366 e. The molecule has 29 heavy (non-hydrogen) atoms. The van der Waals surface area contributed by atoms with Crippen molar-refractivity contribution in [1.82, 2.24) is 4.90 Å². The van der Waals surface area contributed by atoms with Gasteiger partial charge in [0.25, 0.3) is 0 Å². The number of Topliss-reactive ketones (excluding diaryl/α,β-unsaturated/α-hetero) is 1. The van der Waals surface area contributed by atoms with Gasteiger partial charge in [-0.05, 0) is 60.9 Å². The highest BCUT2D eigenvalue weighted by atomic mass is 16.1. The Morgan fingerprint density at radius 3 is 2.52 bits per heavy atom. The molecule has 4 nitrogen and oxygen atoms in total. The average Bonchev–Trinajstić information content (AvgIpc) is 2.71. The van der Waals surface area contributed by atoms with Crippen molar-refractivity contribution in [1.29, 1.82) is 0 Å². The van der Waals surface area contributed by atoms with E-state index in [0.29, 0.717) is 11.5 Å². The quantitative estimate of drug-likeness (QED) is 0.779. The van der Waals surface area contributed by atoms with E-state index in [4.69, 9.17) is 5.73 Å². The molecule has 3 atom stereocenters. The number of hydrogen-bond donors (Lipinski definition) is 1. The first kappa shape index (κ1) is 21.3. The van der Waals surface area contributed by atoms with E-state index in [-0.39, 0.29) is 23.0 Å². The number of primary amides is 1. The number of carbonyl (C=O) groups is 2. The fraction of sp³-hybridized carbons (Fsp3) is 0.440. The molecule has 0 aliphatic carbocycles. The number of nitrogens with zero attached hydrogens (tertiary/aromatic N) is 1. The van der Waals surface area contributed by atoms with Crippen LogP contribution in [-0.2, 0) is 16.6 Å². The van der Waals surface area contributed by atoms with Crippen LogP contribution in [0.4, 0.5) is 0 Å². The van der Waals surface area contributed by atoms with Crippen LogP contribution in [-0.4, -0.2) is 36.2 Å². The minimum absolute atomic E-state index is 0.00684. The molecule has 1 aliphatic rings. The summed E-state index contributed by atoms with van der Waals surface area (Å²) < 4.78 is 0. The van der Waals surface area contributed by atoms with Crippen LogP contribution in [0.1, 0.15) is 48.7 Å². The topological polar surface area (TPSA) is 63.4 Å². The number of piperidine rings is 1. The lowest BCUT2D eigenvalue weighted by Gasteiger charge is -2.46. The summed E-state index contributed by atoms with van der Waals surface area (Å²) in [6, 6.07) is 18.0. The smallest absolute Gasteiger partial charge is 0.248 e. The van der Waals surface area contributed by atoms with E-state index < -0.39 is 0 Å². The summed E-state index contributed by atoms with van der Waals surface area (Å²) in [6.07, 6.45) is 1.78. The Morgan fingerprint density at radius 1 is 1.17 bits per heavy atom. The summed E-state index contributed by atoms with van der Waals surface area (Å²) in [5.74, 6) is 0.297. The zero-order valence-electron chi connectivity index (χ0n) is 17.7. The molecule has 3 rings (SSSR count). The van der Waals surface area contributed by atoms with E-state index in [1.54, 1.807) is 13.0 Å². The molecule has 4 heteroatoms. The zero-order chi connectivity index (χ0) is 21.0. The van der Waals surface area contributed by atoms with Crippen LogP contribution in [0.2, 0.25) is 0 Å². The number of rotatable bonds is 7. The van der Waals surface area contributed by atoms with Crippen LogP contribution in [0.3, 0.4) is 0 Å². The van der Waals surface area contributed by atoms with Gasteiger partial charge in [0.15, 0.2) is 0 Å². The number of hydrogen-bond acceptors (Lipinski definition) is 3. The van der Waals surface area contributed by atoms with E-state index in [0.717, 1.165) is 32.5 Å². The molecule has 2 aromatic carbocycles. The predicted octanol–water partition coefficient (Wildman–Crippen LogP) is 3.83. The van der Waals surface area contributed by atoms with Crippen LogP contribution in [0.25, 0.3) is 0 Å². The molecule has 1 saturated heterocycles. The summed E-state index contributed by atoms with van der Waals surface area (Å²) in [5.41, 5.74) is 8.43. The zero-order valence-corrected chi connectivity index (χ0v) is 17.7. The van der Waals surface area contributed by atoms with E-state index in [1.807, 2.05) is 30.3 Å². The molecule has 154 valence electrons. The maximum Gasteiger partial charge on any atom is 0.248 e. The highest BCUT2D eigenvalue weighted by Crippen LogP contribution is 2.39. The third kappa shape index (κ3) is 4.94. The molecule has 0 unspecified atom stereocenters. The van der Waals surface area contributed by atoms with Crippen molar-refractivity contribution in [2.75, 3.05) is 19.6 Å². The van der Waals surface area contributed by atoms with Gasteiger partial charge in [-0.25, -0.2) is 0 Å². The third-order valence-corrected chi connectivity index (χ3v) is 6.75. The summed E-state index contributed by atoms with van der Waals surface area (Å²) in [4.78, 5) is 26.3. The Kier molecular flexibility index (Phi) is 6.53. The van der Waals surface area contributed by atoms with Gasteiger partial charge in [-0.3, -0.25) is 9.59 Å². The molecule has 1 fully saturated rings. The van der Waals surface area contributed by atoms with Crippen LogP contribution in [0, 0.1) is 11.8 Å². The number of ketones is 1. The summed E-state index contributed by atoms with van der Waals surface area (Å²) >= 11 is 0. The summed E-state index contributed by atoms with van der Waals surface area (Å²) in [5, 5.41) is 0. The second-order valence-electron chi connectivity index (χ2n) is 8.77. The molecule has 1 aliphatic heterocycles. The van der Waals surface area contributed by atoms with E-state index in [2.05, 4.69) is 36.9 Å². The number of nitrogens with two attached hydrogens (primary N) is 1. The maximum atomic E-state index is 12.3. The van der Waals surface area contributed by atoms with Gasteiger partial charge in [0.1, 0.15) is 5.78 Å². The van der Waals surface area contributed by atoms with Gasteiger partial charge >= 0.3 is 0 Å². The highest BCUT2D eigenvalue weighted by molar-refractivity contribution is 5.93. The van der Waals surface area contributed by atoms with Crippen LogP contribution >= 0.6 is 0 Å². The molecule has 0 spiro atoms. The molecular formula is C25H32N2O2. The van der Waals surface area contributed by atoms with Crippen molar-refractivity contribution in [2.45, 2.75) is 39.0 Å². The van der Waals surface area contributed by atoms with Crippen molar-refractivity contribution >= 4 is 11.7 Å². The number of benzene rings is 2. The molecule has 1 amide bonds. The van der Waals surface area contributed by atoms with Gasteiger partial charge in [-0.1, -0.05) is 56.3 Å². The fourth-order valence-corrected chi connectivity index (χ4v) is 4.49. The van der Waals surface area contributed by atoms with Crippen molar-refractivity contribution in [2.24, 2.45) is 17.6 Å². The minimum atomic E-state index is -0.384. The van der Waals surface area contributed by atoms with Crippen LogP contribution < -0.4 is 5.73 Å². The SMILES string of the molecule is CC(=O)[C@@H](Cc1ccccc1)CN1CC[C@@](C)(c2cccc(C(N)=O)c2)[C@@H](C)C1. The van der Waals surface area contributed by atoms with Crippen LogP contribution in [0.15, 0.2) is 54.6 Å². The Morgan fingerprint density at radius 2 is 1.90 bits per heavy atom. The lowest BCUT2D eigenvalue weighted by atomic mass is 9.67. The normalized spacial score (nSPS) is 23.5. The Balaban J connectivity index is 1.69. The molecule has 2 N–H and O–H groups in total. The van der Waals surface area contributed by atoms with Gasteiger partial charge in [0.2, 0.25) is 5.91 Å². The lowest BCUT2D eigenvalue weighted by molar-refractivity contribution is -0.121. The largest absolute Gasteiger partial charge is 0.366 e. The Labute approximate surface area is 174 Å². The second-order valence-corrected chi connectivity index (χ2v) is 8.77. The monoisotopic (exact) mass is 392 g/mol. The van der Waals surface area contributed by atoms with Crippen molar-refractivity contribution in [3.8, 4) is 0 Å². The van der Waals surface area contributed by atoms with Gasteiger partial charge in [0.05, 0.1) is 0 Å². The van der Waals surface area contributed by atoms with Crippen molar-refractivity contribution in [3.63, 3.8) is 0 Å². The lowest BCUT2D eigenvalue weighted by Crippen LogP contribution is -2.49. The average molecular weight is 393 g/mol. The van der Waals surface area contributed by atoms with E-state index in [9.17, 15) is 9.59 Å². The third-order valence-electron chi connectivity index (χ3n) is 6.75. The van der Waals surface area contributed by atoms with Gasteiger partial charge in [-0.15, -0.1) is 0 Å². The molecule has 2 aromatic rings. The summed E-state index contributed by atoms with van der Waals surface area (Å²) in [7, 11) is 0. The Hall–Kier alpha value is -2.46. The molecule has 0 radical (unpaired) electrons. The van der Waals surface area contributed by atoms with Crippen molar-refractivity contribution < 1.29 is 9.59 Å². The molecule has 0 aromatic heterocycles. The number of amides is 1. The predicted molar refractivity (Wildman–Crippen MR) is 117 cm³/mol. The maximum absolute atomic E-state index is 12.3. The standard InChI is InChI=1S/C25H32N2O2/c1-18-16-27(17-22(19(2)28)14-20-8-5-4-6-9-20)13-12-25(18,3)23-11-7-10-21(15-23)24(26)29/h4-11,15,18,22H,12-14,16-17H2,1-3H3,(H2,26,29)/t18-,22-,25+/m0/s1.